The number of aromatic nitrogens is 2. The smallest absolute Gasteiger partial charge is 0.306 e. The molecule has 1 aromatic carbocycles. The number of aryl methyl sites for hydroxylation is 1. The number of fused-ring (bicyclic) bond motifs is 1. The maximum atomic E-state index is 13.6. The van der Waals surface area contributed by atoms with Gasteiger partial charge in [0.15, 0.2) is 0 Å². The van der Waals surface area contributed by atoms with E-state index in [1.165, 1.54) is 11.0 Å². The van der Waals surface area contributed by atoms with E-state index in [1.54, 1.807) is 48.4 Å². The van der Waals surface area contributed by atoms with Gasteiger partial charge < -0.3 is 4.90 Å². The van der Waals surface area contributed by atoms with Crippen LogP contribution in [0.1, 0.15) is 36.5 Å². The van der Waals surface area contributed by atoms with Crippen molar-refractivity contribution < 1.29 is 18.0 Å². The highest BCUT2D eigenvalue weighted by Crippen LogP contribution is 2.46. The van der Waals surface area contributed by atoms with Gasteiger partial charge in [0.2, 0.25) is 15.9 Å². The number of urea groups is 1. The minimum absolute atomic E-state index is 0.0372. The van der Waals surface area contributed by atoms with Gasteiger partial charge >= 0.3 is 6.03 Å². The lowest BCUT2D eigenvalue weighted by molar-refractivity contribution is -0.135. The molecule has 2 aromatic rings. The molecule has 10 nitrogen and oxygen atoms in total. The van der Waals surface area contributed by atoms with Gasteiger partial charge in [-0.2, -0.15) is 10.4 Å². The van der Waals surface area contributed by atoms with Gasteiger partial charge in [0.25, 0.3) is 0 Å². The molecule has 3 amide bonds. The second-order valence-electron chi connectivity index (χ2n) is 9.35. The highest BCUT2D eigenvalue weighted by Gasteiger charge is 2.52. The predicted octanol–water partition coefficient (Wildman–Crippen LogP) is 2.26. The molecular weight excluding hydrogens is 488 g/mol. The Hall–Kier alpha value is -3.14. The van der Waals surface area contributed by atoms with Gasteiger partial charge in [-0.15, -0.1) is 0 Å². The van der Waals surface area contributed by atoms with Crippen molar-refractivity contribution in [3.63, 3.8) is 0 Å². The Bertz CT molecular complexity index is 1370. The second kappa shape index (κ2) is 8.51. The largest absolute Gasteiger partial charge is 0.328 e. The summed E-state index contributed by atoms with van der Waals surface area (Å²) in [6.07, 6.45) is 6.32. The van der Waals surface area contributed by atoms with E-state index in [2.05, 4.69) is 15.9 Å². The summed E-state index contributed by atoms with van der Waals surface area (Å²) in [7, 11) is -2.07. The number of amides is 3. The number of nitrogens with zero attached hydrogens (tertiary/aromatic N) is 5. The van der Waals surface area contributed by atoms with E-state index in [0.29, 0.717) is 11.1 Å². The number of benzene rings is 1. The van der Waals surface area contributed by atoms with Crippen molar-refractivity contribution in [1.29, 1.82) is 5.26 Å². The number of carbonyl (C=O) groups excluding carboxylic acids is 2. The number of hydrogen-bond acceptors (Lipinski definition) is 7. The number of nitriles is 1. The van der Waals surface area contributed by atoms with E-state index in [9.17, 15) is 18.0 Å². The Morgan fingerprint density at radius 3 is 2.51 bits per heavy atom. The van der Waals surface area contributed by atoms with Gasteiger partial charge in [-0.1, -0.05) is 23.9 Å². The molecule has 0 radical (unpaired) electrons. The van der Waals surface area contributed by atoms with Crippen LogP contribution in [-0.4, -0.2) is 50.8 Å². The zero-order valence-corrected chi connectivity index (χ0v) is 20.8. The molecule has 2 fully saturated rings. The standard InChI is InChI=1S/C23H24N6O4S2/c1-23(7-8-23)26-35(32,33)19-9-18-20(30)28(14-17-11-25-27(2)12-17)22(31)29(21(18)34-19)13-16-5-3-15(10-24)4-6-16/h3-6,9,11-12,18,21,26H,7-8,13-14H2,1-2H3. The molecule has 3 aliphatic rings. The molecule has 2 aliphatic heterocycles. The second-order valence-corrected chi connectivity index (χ2v) is 12.4. The molecule has 1 N–H and O–H groups in total. The van der Waals surface area contributed by atoms with E-state index in [0.717, 1.165) is 35.1 Å². The Morgan fingerprint density at radius 1 is 1.20 bits per heavy atom. The number of carbonyl (C=O) groups is 2. The number of thioether (sulfide) groups is 1. The molecule has 3 heterocycles. The fourth-order valence-corrected chi connectivity index (χ4v) is 7.49. The van der Waals surface area contributed by atoms with Crippen molar-refractivity contribution in [3.05, 3.63) is 63.7 Å². The topological polar surface area (TPSA) is 128 Å². The van der Waals surface area contributed by atoms with Crippen LogP contribution >= 0.6 is 11.8 Å². The molecule has 1 saturated carbocycles. The minimum Gasteiger partial charge on any atom is -0.306 e. The first-order valence-electron chi connectivity index (χ1n) is 11.1. The number of imide groups is 1. The summed E-state index contributed by atoms with van der Waals surface area (Å²) >= 11 is 1.02. The Kier molecular flexibility index (Phi) is 5.74. The van der Waals surface area contributed by atoms with E-state index in [1.807, 2.05) is 6.92 Å². The van der Waals surface area contributed by atoms with Crippen LogP contribution in [0, 0.1) is 17.2 Å². The zero-order chi connectivity index (χ0) is 25.0. The van der Waals surface area contributed by atoms with Crippen LogP contribution in [0.3, 0.4) is 0 Å². The molecule has 5 rings (SSSR count). The first-order valence-corrected chi connectivity index (χ1v) is 13.5. The van der Waals surface area contributed by atoms with Crippen molar-refractivity contribution >= 4 is 33.7 Å². The molecule has 1 saturated heterocycles. The number of nitrogens with one attached hydrogen (secondary N) is 1. The summed E-state index contributed by atoms with van der Waals surface area (Å²) < 4.78 is 30.5. The summed E-state index contributed by atoms with van der Waals surface area (Å²) in [6.45, 7) is 2.05. The Morgan fingerprint density at radius 2 is 1.91 bits per heavy atom. The lowest BCUT2D eigenvalue weighted by atomic mass is 10.0. The lowest BCUT2D eigenvalue weighted by Gasteiger charge is -2.41. The molecular formula is C23H24N6O4S2. The SMILES string of the molecule is Cn1cc(CN2C(=O)C3C=C(S(=O)(=O)NC4(C)CC4)SC3N(Cc3ccc(C#N)cc3)C2=O)cn1. The van der Waals surface area contributed by atoms with Crippen molar-refractivity contribution in [2.75, 3.05) is 0 Å². The predicted molar refractivity (Wildman–Crippen MR) is 129 cm³/mol. The number of hydrogen-bond donors (Lipinski definition) is 1. The molecule has 2 atom stereocenters. The van der Waals surface area contributed by atoms with Gasteiger partial charge in [0.05, 0.1) is 30.3 Å². The van der Waals surface area contributed by atoms with Crippen molar-refractivity contribution in [2.24, 2.45) is 13.0 Å². The molecule has 1 aliphatic carbocycles. The van der Waals surface area contributed by atoms with Gasteiger partial charge in [-0.3, -0.25) is 14.4 Å². The molecule has 1 aromatic heterocycles. The third kappa shape index (κ3) is 4.59. The summed E-state index contributed by atoms with van der Waals surface area (Å²) in [5.41, 5.74) is 1.50. The van der Waals surface area contributed by atoms with Crippen LogP contribution < -0.4 is 4.72 Å². The Labute approximate surface area is 207 Å². The number of sulfonamides is 1. The maximum absolute atomic E-state index is 13.6. The van der Waals surface area contributed by atoms with E-state index in [4.69, 9.17) is 5.26 Å². The van der Waals surface area contributed by atoms with Crippen LogP contribution in [0.5, 0.6) is 0 Å². The minimum atomic E-state index is -3.82. The monoisotopic (exact) mass is 512 g/mol. The average molecular weight is 513 g/mol. The van der Waals surface area contributed by atoms with Gasteiger partial charge in [-0.05, 0) is 43.5 Å². The molecule has 0 spiro atoms. The van der Waals surface area contributed by atoms with Crippen LogP contribution in [0.4, 0.5) is 4.79 Å². The zero-order valence-electron chi connectivity index (χ0n) is 19.2. The van der Waals surface area contributed by atoms with Crippen molar-refractivity contribution in [1.82, 2.24) is 24.3 Å². The fraction of sp³-hybridized carbons (Fsp3) is 0.391. The summed E-state index contributed by atoms with van der Waals surface area (Å²) in [5, 5.41) is 12.5. The normalized spacial score (nSPS) is 23.2. The molecule has 12 heteroatoms. The summed E-state index contributed by atoms with van der Waals surface area (Å²) in [6, 6.07) is 8.40. The van der Waals surface area contributed by atoms with Gasteiger partial charge in [0, 0.05) is 30.9 Å². The lowest BCUT2D eigenvalue weighted by Crippen LogP contribution is -2.58. The first kappa shape index (κ1) is 23.6. The fourth-order valence-electron chi connectivity index (χ4n) is 4.19. The quantitative estimate of drug-likeness (QED) is 0.603. The van der Waals surface area contributed by atoms with Crippen LogP contribution in [-0.2, 0) is 35.0 Å². The first-order chi connectivity index (χ1) is 16.6. The summed E-state index contributed by atoms with van der Waals surface area (Å²) in [4.78, 5) is 29.7. The van der Waals surface area contributed by atoms with Crippen LogP contribution in [0.15, 0.2) is 47.0 Å². The Balaban J connectivity index is 1.47. The van der Waals surface area contributed by atoms with E-state index >= 15 is 0 Å². The van der Waals surface area contributed by atoms with Gasteiger partial charge in [-0.25, -0.2) is 17.9 Å². The highest BCUT2D eigenvalue weighted by molar-refractivity contribution is 8.18. The third-order valence-electron chi connectivity index (χ3n) is 6.38. The third-order valence-corrected chi connectivity index (χ3v) is 9.91. The molecule has 2 unspecified atom stereocenters. The highest BCUT2D eigenvalue weighted by atomic mass is 32.3. The van der Waals surface area contributed by atoms with E-state index in [-0.39, 0.29) is 17.3 Å². The van der Waals surface area contributed by atoms with Crippen molar-refractivity contribution in [3.8, 4) is 6.07 Å². The summed E-state index contributed by atoms with van der Waals surface area (Å²) in [5.74, 6) is -1.23. The maximum Gasteiger partial charge on any atom is 0.328 e. The van der Waals surface area contributed by atoms with E-state index < -0.39 is 38.8 Å². The van der Waals surface area contributed by atoms with Crippen LogP contribution in [0.2, 0.25) is 0 Å². The van der Waals surface area contributed by atoms with Crippen LogP contribution in [0.25, 0.3) is 0 Å². The molecule has 35 heavy (non-hydrogen) atoms. The number of rotatable bonds is 7. The van der Waals surface area contributed by atoms with Crippen molar-refractivity contribution in [2.45, 2.75) is 43.8 Å². The average Bonchev–Trinajstić information content (AvgIpc) is 3.20. The molecule has 0 bridgehead atoms. The van der Waals surface area contributed by atoms with Gasteiger partial charge in [0.1, 0.15) is 9.61 Å². The molecule has 182 valence electrons.